The van der Waals surface area contributed by atoms with Gasteiger partial charge in [0.1, 0.15) is 0 Å². The van der Waals surface area contributed by atoms with Gasteiger partial charge >= 0.3 is 0 Å². The maximum atomic E-state index is 5.59. The van der Waals surface area contributed by atoms with Crippen LogP contribution in [0.2, 0.25) is 0 Å². The van der Waals surface area contributed by atoms with E-state index in [-0.39, 0.29) is 0 Å². The fourth-order valence-corrected chi connectivity index (χ4v) is 0.844. The Morgan fingerprint density at radius 2 is 1.67 bits per heavy atom. The first kappa shape index (κ1) is 8.92. The number of hydrogen-bond donors (Lipinski definition) is 2. The molecule has 3 N–H and O–H groups in total. The summed E-state index contributed by atoms with van der Waals surface area (Å²) in [6, 6.07) is 0.473. The monoisotopic (exact) mass is 130 g/mol. The fourth-order valence-electron chi connectivity index (χ4n) is 0.844. The zero-order valence-electron chi connectivity index (χ0n) is 6.48. The third-order valence-corrected chi connectivity index (χ3v) is 1.38. The van der Waals surface area contributed by atoms with E-state index in [1.807, 2.05) is 13.8 Å². The smallest absolute Gasteiger partial charge is 0.00629 e. The molecule has 1 rings (SSSR count). The van der Waals surface area contributed by atoms with Gasteiger partial charge in [0, 0.05) is 6.04 Å². The largest absolute Gasteiger partial charge is 0.328 e. The second-order valence-corrected chi connectivity index (χ2v) is 2.09. The predicted octanol–water partition coefficient (Wildman–Crippen LogP) is 0.723. The number of hydrogen-bond acceptors (Lipinski definition) is 2. The summed E-state index contributed by atoms with van der Waals surface area (Å²) in [7, 11) is 0. The van der Waals surface area contributed by atoms with Crippen LogP contribution in [-0.4, -0.2) is 19.1 Å². The summed E-state index contributed by atoms with van der Waals surface area (Å²) in [5, 5.41) is 3.24. The van der Waals surface area contributed by atoms with Crippen LogP contribution in [-0.2, 0) is 0 Å². The molecule has 0 aliphatic carbocycles. The van der Waals surface area contributed by atoms with Crippen LogP contribution in [0.1, 0.15) is 26.7 Å². The average molecular weight is 130 g/mol. The number of piperidine rings is 1. The first-order chi connectivity index (χ1) is 4.39. The maximum Gasteiger partial charge on any atom is 0.00629 e. The third kappa shape index (κ3) is 4.43. The molecule has 0 unspecified atom stereocenters. The normalized spacial score (nSPS) is 20.3. The molecule has 0 radical (unpaired) electrons. The van der Waals surface area contributed by atoms with Gasteiger partial charge in [0.2, 0.25) is 0 Å². The molecule has 9 heavy (non-hydrogen) atoms. The molecule has 56 valence electrons. The molecule has 1 aliphatic rings. The van der Waals surface area contributed by atoms with Crippen LogP contribution in [0.15, 0.2) is 0 Å². The topological polar surface area (TPSA) is 38.0 Å². The van der Waals surface area contributed by atoms with E-state index in [9.17, 15) is 0 Å². The van der Waals surface area contributed by atoms with Crippen LogP contribution >= 0.6 is 0 Å². The van der Waals surface area contributed by atoms with Crippen molar-refractivity contribution >= 4 is 0 Å². The lowest BCUT2D eigenvalue weighted by Gasteiger charge is -2.17. The molecule has 1 fully saturated rings. The average Bonchev–Trinajstić information content (AvgIpc) is 1.94. The minimum Gasteiger partial charge on any atom is -0.328 e. The third-order valence-electron chi connectivity index (χ3n) is 1.38. The number of nitrogens with one attached hydrogen (secondary N) is 1. The Morgan fingerprint density at radius 3 is 1.89 bits per heavy atom. The van der Waals surface area contributed by atoms with Gasteiger partial charge < -0.3 is 11.1 Å². The van der Waals surface area contributed by atoms with Crippen LogP contribution in [0.25, 0.3) is 0 Å². The van der Waals surface area contributed by atoms with Gasteiger partial charge in [-0.05, 0) is 25.9 Å². The Labute approximate surface area is 57.8 Å². The van der Waals surface area contributed by atoms with Gasteiger partial charge in [0.05, 0.1) is 0 Å². The Morgan fingerprint density at radius 1 is 1.22 bits per heavy atom. The first-order valence-corrected chi connectivity index (χ1v) is 3.86. The van der Waals surface area contributed by atoms with Gasteiger partial charge in [0.15, 0.2) is 0 Å². The highest BCUT2D eigenvalue weighted by molar-refractivity contribution is 4.69. The van der Waals surface area contributed by atoms with E-state index in [4.69, 9.17) is 5.73 Å². The van der Waals surface area contributed by atoms with E-state index >= 15 is 0 Å². The Hall–Kier alpha value is -0.0800. The molecule has 0 spiro atoms. The molecule has 0 atom stereocenters. The van der Waals surface area contributed by atoms with E-state index in [1.54, 1.807) is 0 Å². The summed E-state index contributed by atoms with van der Waals surface area (Å²) in [6.07, 6.45) is 2.31. The maximum absolute atomic E-state index is 5.59. The van der Waals surface area contributed by atoms with Crippen molar-refractivity contribution in [2.45, 2.75) is 32.7 Å². The summed E-state index contributed by atoms with van der Waals surface area (Å²) in [6.45, 7) is 6.22. The van der Waals surface area contributed by atoms with Crippen molar-refractivity contribution in [3.05, 3.63) is 0 Å². The highest BCUT2D eigenvalue weighted by Gasteiger charge is 2.05. The quantitative estimate of drug-likeness (QED) is 0.507. The molecule has 2 nitrogen and oxygen atoms in total. The molecular weight excluding hydrogens is 112 g/mol. The van der Waals surface area contributed by atoms with Gasteiger partial charge in [-0.25, -0.2) is 0 Å². The number of nitrogens with two attached hydrogens (primary N) is 1. The lowest BCUT2D eigenvalue weighted by atomic mass is 10.1. The van der Waals surface area contributed by atoms with Gasteiger partial charge in [0.25, 0.3) is 0 Å². The van der Waals surface area contributed by atoms with E-state index < -0.39 is 0 Å². The van der Waals surface area contributed by atoms with Crippen molar-refractivity contribution < 1.29 is 0 Å². The Kier molecular flexibility index (Phi) is 5.99. The summed E-state index contributed by atoms with van der Waals surface area (Å²) in [5.74, 6) is 0. The van der Waals surface area contributed by atoms with Crippen LogP contribution in [0, 0.1) is 0 Å². The van der Waals surface area contributed by atoms with Crippen LogP contribution < -0.4 is 11.1 Å². The summed E-state index contributed by atoms with van der Waals surface area (Å²) in [4.78, 5) is 0. The van der Waals surface area contributed by atoms with Crippen molar-refractivity contribution in [1.29, 1.82) is 0 Å². The Balaban J connectivity index is 0.000000291. The molecule has 0 saturated carbocycles. The Bertz CT molecular complexity index is 48.9. The highest BCUT2D eigenvalue weighted by atomic mass is 14.9. The fraction of sp³-hybridized carbons (Fsp3) is 1.00. The zero-order valence-corrected chi connectivity index (χ0v) is 6.48. The molecule has 1 saturated heterocycles. The van der Waals surface area contributed by atoms with Crippen molar-refractivity contribution in [3.63, 3.8) is 0 Å². The molecule has 0 aromatic carbocycles. The van der Waals surface area contributed by atoms with E-state index in [2.05, 4.69) is 5.32 Å². The van der Waals surface area contributed by atoms with Gasteiger partial charge in [-0.15, -0.1) is 0 Å². The molecule has 0 amide bonds. The van der Waals surface area contributed by atoms with Gasteiger partial charge in [-0.2, -0.15) is 0 Å². The van der Waals surface area contributed by atoms with Crippen LogP contribution in [0.4, 0.5) is 0 Å². The second kappa shape index (κ2) is 6.05. The van der Waals surface area contributed by atoms with E-state index in [0.717, 1.165) is 25.9 Å². The van der Waals surface area contributed by atoms with Gasteiger partial charge in [-0.1, -0.05) is 13.8 Å². The molecule has 2 heteroatoms. The minimum absolute atomic E-state index is 0.473. The van der Waals surface area contributed by atoms with Crippen molar-refractivity contribution in [2.24, 2.45) is 5.73 Å². The lowest BCUT2D eigenvalue weighted by Crippen LogP contribution is -2.35. The summed E-state index contributed by atoms with van der Waals surface area (Å²) in [5.41, 5.74) is 5.59. The summed E-state index contributed by atoms with van der Waals surface area (Å²) >= 11 is 0. The van der Waals surface area contributed by atoms with Crippen molar-refractivity contribution in [2.75, 3.05) is 13.1 Å². The predicted molar refractivity (Wildman–Crippen MR) is 41.4 cm³/mol. The second-order valence-electron chi connectivity index (χ2n) is 2.09. The molecular formula is C7H18N2. The van der Waals surface area contributed by atoms with Crippen molar-refractivity contribution in [3.8, 4) is 0 Å². The van der Waals surface area contributed by atoms with E-state index in [1.165, 1.54) is 0 Å². The van der Waals surface area contributed by atoms with Crippen molar-refractivity contribution in [1.82, 2.24) is 5.32 Å². The number of rotatable bonds is 0. The molecule has 1 heterocycles. The molecule has 0 aromatic rings. The zero-order chi connectivity index (χ0) is 7.11. The van der Waals surface area contributed by atoms with Crippen LogP contribution in [0.5, 0.6) is 0 Å². The highest BCUT2D eigenvalue weighted by Crippen LogP contribution is 1.96. The molecule has 1 aliphatic heterocycles. The molecule has 0 aromatic heterocycles. The SMILES string of the molecule is CC.NC1CCNCC1. The molecule has 0 bridgehead atoms. The summed E-state index contributed by atoms with van der Waals surface area (Å²) < 4.78 is 0. The lowest BCUT2D eigenvalue weighted by molar-refractivity contribution is 0.458. The van der Waals surface area contributed by atoms with Gasteiger partial charge in [-0.3, -0.25) is 0 Å². The standard InChI is InChI=1S/C5H12N2.C2H6/c6-5-1-3-7-4-2-5;1-2/h5,7H,1-4,6H2;1-2H3. The van der Waals surface area contributed by atoms with Crippen LogP contribution in [0.3, 0.4) is 0 Å². The minimum atomic E-state index is 0.473. The van der Waals surface area contributed by atoms with E-state index in [0.29, 0.717) is 6.04 Å². The first-order valence-electron chi connectivity index (χ1n) is 3.86.